The molecule has 2 saturated heterocycles. The number of aromatic carboxylic acids is 1. The number of benzene rings is 1. The van der Waals surface area contributed by atoms with Gasteiger partial charge in [0.1, 0.15) is 0 Å². The maximum Gasteiger partial charge on any atom is 0.335 e. The van der Waals surface area contributed by atoms with Crippen molar-refractivity contribution in [3.8, 4) is 0 Å². The van der Waals surface area contributed by atoms with Crippen LogP contribution in [0.1, 0.15) is 36.2 Å². The minimum Gasteiger partial charge on any atom is -0.478 e. The first-order chi connectivity index (χ1) is 11.9. The van der Waals surface area contributed by atoms with Crippen LogP contribution in [0.25, 0.3) is 0 Å². The maximum absolute atomic E-state index is 10.9. The predicted octanol–water partition coefficient (Wildman–Crippen LogP) is 2.36. The molecule has 25 heavy (non-hydrogen) atoms. The zero-order valence-corrected chi connectivity index (χ0v) is 15.4. The predicted molar refractivity (Wildman–Crippen MR) is 98.1 cm³/mol. The van der Waals surface area contributed by atoms with E-state index in [1.54, 1.807) is 12.1 Å². The van der Waals surface area contributed by atoms with Gasteiger partial charge in [-0.1, -0.05) is 12.1 Å². The van der Waals surface area contributed by atoms with Crippen LogP contribution in [-0.2, 0) is 11.2 Å². The molecule has 3 rings (SSSR count). The number of hydrogen-bond donors (Lipinski definition) is 1. The number of morpholine rings is 1. The molecule has 5 nitrogen and oxygen atoms in total. The van der Waals surface area contributed by atoms with Gasteiger partial charge >= 0.3 is 5.97 Å². The molecule has 2 aliphatic rings. The van der Waals surface area contributed by atoms with Crippen molar-refractivity contribution >= 4 is 5.97 Å². The molecule has 1 aromatic carbocycles. The Balaban J connectivity index is 1.50. The first kappa shape index (κ1) is 18.4. The third-order valence-corrected chi connectivity index (χ3v) is 5.57. The number of carbonyl (C=O) groups is 1. The molecule has 0 unspecified atom stereocenters. The van der Waals surface area contributed by atoms with Gasteiger partial charge in [-0.15, -0.1) is 0 Å². The van der Waals surface area contributed by atoms with Gasteiger partial charge in [-0.05, 0) is 56.8 Å². The average molecular weight is 346 g/mol. The van der Waals surface area contributed by atoms with Crippen molar-refractivity contribution in [2.75, 3.05) is 45.9 Å². The number of carboxylic acids is 1. The van der Waals surface area contributed by atoms with Crippen LogP contribution in [0.15, 0.2) is 24.3 Å². The van der Waals surface area contributed by atoms with Gasteiger partial charge in [0.15, 0.2) is 0 Å². The summed E-state index contributed by atoms with van der Waals surface area (Å²) < 4.78 is 5.48. The zero-order valence-electron chi connectivity index (χ0n) is 15.4. The Hall–Kier alpha value is -1.43. The van der Waals surface area contributed by atoms with Crippen molar-refractivity contribution in [3.05, 3.63) is 35.4 Å². The van der Waals surface area contributed by atoms with Crippen LogP contribution in [0.3, 0.4) is 0 Å². The van der Waals surface area contributed by atoms with Crippen LogP contribution in [-0.4, -0.2) is 72.4 Å². The minimum atomic E-state index is -0.857. The molecule has 5 heteroatoms. The zero-order chi connectivity index (χ0) is 17.9. The Morgan fingerprint density at radius 2 is 1.88 bits per heavy atom. The van der Waals surface area contributed by atoms with E-state index in [-0.39, 0.29) is 5.54 Å². The topological polar surface area (TPSA) is 53.0 Å². The molecule has 2 heterocycles. The molecule has 0 bridgehead atoms. The fourth-order valence-corrected chi connectivity index (χ4v) is 4.16. The van der Waals surface area contributed by atoms with Gasteiger partial charge < -0.3 is 14.7 Å². The Labute approximate surface area is 150 Å². The summed E-state index contributed by atoms with van der Waals surface area (Å²) in [6.45, 7) is 11.8. The second-order valence-corrected chi connectivity index (χ2v) is 8.01. The highest BCUT2D eigenvalue weighted by Crippen LogP contribution is 2.25. The fourth-order valence-electron chi connectivity index (χ4n) is 4.16. The molecule has 0 aromatic heterocycles. The highest BCUT2D eigenvalue weighted by molar-refractivity contribution is 5.87. The summed E-state index contributed by atoms with van der Waals surface area (Å²) in [7, 11) is 0. The number of hydrogen-bond acceptors (Lipinski definition) is 4. The monoisotopic (exact) mass is 346 g/mol. The Bertz CT molecular complexity index is 579. The summed E-state index contributed by atoms with van der Waals surface area (Å²) in [5, 5.41) is 8.99. The van der Waals surface area contributed by atoms with Crippen molar-refractivity contribution < 1.29 is 14.6 Å². The number of nitrogens with zero attached hydrogens (tertiary/aromatic N) is 2. The van der Waals surface area contributed by atoms with Crippen LogP contribution in [0.2, 0.25) is 0 Å². The lowest BCUT2D eigenvalue weighted by Crippen LogP contribution is -2.55. The van der Waals surface area contributed by atoms with Crippen LogP contribution in [0.4, 0.5) is 0 Å². The number of likely N-dealkylation sites (tertiary alicyclic amines) is 1. The van der Waals surface area contributed by atoms with Gasteiger partial charge in [-0.2, -0.15) is 0 Å². The van der Waals surface area contributed by atoms with E-state index >= 15 is 0 Å². The second kappa shape index (κ2) is 7.85. The first-order valence-electron chi connectivity index (χ1n) is 9.31. The van der Waals surface area contributed by atoms with Crippen molar-refractivity contribution in [1.29, 1.82) is 0 Å². The molecular formula is C20H30N2O3. The minimum absolute atomic E-state index is 0.182. The number of rotatable bonds is 6. The van der Waals surface area contributed by atoms with E-state index in [1.165, 1.54) is 12.0 Å². The smallest absolute Gasteiger partial charge is 0.335 e. The number of ether oxygens (including phenoxy) is 1. The molecule has 0 amide bonds. The molecule has 1 aromatic rings. The molecule has 138 valence electrons. The molecule has 1 N–H and O–H groups in total. The summed E-state index contributed by atoms with van der Waals surface area (Å²) in [5.74, 6) is -0.194. The lowest BCUT2D eigenvalue weighted by Gasteiger charge is -2.43. The van der Waals surface area contributed by atoms with Crippen LogP contribution in [0.5, 0.6) is 0 Å². The molecule has 2 fully saturated rings. The molecule has 0 radical (unpaired) electrons. The van der Waals surface area contributed by atoms with E-state index in [9.17, 15) is 4.79 Å². The Morgan fingerprint density at radius 3 is 2.52 bits per heavy atom. The van der Waals surface area contributed by atoms with Crippen molar-refractivity contribution in [1.82, 2.24) is 9.80 Å². The molecule has 2 aliphatic heterocycles. The van der Waals surface area contributed by atoms with Gasteiger partial charge in [0, 0.05) is 31.7 Å². The lowest BCUT2D eigenvalue weighted by atomic mass is 9.97. The third-order valence-electron chi connectivity index (χ3n) is 5.57. The second-order valence-electron chi connectivity index (χ2n) is 8.01. The van der Waals surface area contributed by atoms with Crippen LogP contribution in [0, 0.1) is 5.92 Å². The fraction of sp³-hybridized carbons (Fsp3) is 0.650. The van der Waals surface area contributed by atoms with E-state index in [0.717, 1.165) is 52.4 Å². The van der Waals surface area contributed by atoms with Crippen LogP contribution < -0.4 is 0 Å². The molecule has 0 spiro atoms. The highest BCUT2D eigenvalue weighted by Gasteiger charge is 2.33. The van der Waals surface area contributed by atoms with Gasteiger partial charge in [0.25, 0.3) is 0 Å². The SMILES string of the molecule is CC(C)(CN1CC[C@H](Cc2ccc(C(=O)O)cc2)C1)N1CCOCC1. The highest BCUT2D eigenvalue weighted by atomic mass is 16.5. The van der Waals surface area contributed by atoms with Gasteiger partial charge in [0.2, 0.25) is 0 Å². The van der Waals surface area contributed by atoms with Crippen molar-refractivity contribution in [3.63, 3.8) is 0 Å². The van der Waals surface area contributed by atoms with E-state index in [0.29, 0.717) is 11.5 Å². The summed E-state index contributed by atoms with van der Waals surface area (Å²) in [4.78, 5) is 16.1. The van der Waals surface area contributed by atoms with Gasteiger partial charge in [-0.3, -0.25) is 4.90 Å². The molecular weight excluding hydrogens is 316 g/mol. The maximum atomic E-state index is 10.9. The standard InChI is InChI=1S/C20H30N2O3/c1-20(2,22-9-11-25-12-10-22)15-21-8-7-17(14-21)13-16-3-5-18(6-4-16)19(23)24/h3-6,17H,7-15H2,1-2H3,(H,23,24)/t17-/m1/s1. The Kier molecular flexibility index (Phi) is 5.77. The molecule has 0 saturated carbocycles. The van der Waals surface area contributed by atoms with E-state index < -0.39 is 5.97 Å². The van der Waals surface area contributed by atoms with E-state index in [1.807, 2.05) is 12.1 Å². The van der Waals surface area contributed by atoms with Crippen molar-refractivity contribution in [2.45, 2.75) is 32.2 Å². The molecule has 0 aliphatic carbocycles. The summed E-state index contributed by atoms with van der Waals surface area (Å²) in [6.07, 6.45) is 2.26. The normalized spacial score (nSPS) is 23.0. The Morgan fingerprint density at radius 1 is 1.20 bits per heavy atom. The quantitative estimate of drug-likeness (QED) is 0.857. The third kappa shape index (κ3) is 4.81. The average Bonchev–Trinajstić information content (AvgIpc) is 3.02. The number of carboxylic acid groups (broad SMARTS) is 1. The lowest BCUT2D eigenvalue weighted by molar-refractivity contribution is -0.0198. The van der Waals surface area contributed by atoms with E-state index in [2.05, 4.69) is 23.6 Å². The molecule has 1 atom stereocenters. The summed E-state index contributed by atoms with van der Waals surface area (Å²) in [5.41, 5.74) is 1.79. The van der Waals surface area contributed by atoms with Crippen LogP contribution >= 0.6 is 0 Å². The first-order valence-corrected chi connectivity index (χ1v) is 9.31. The summed E-state index contributed by atoms with van der Waals surface area (Å²) in [6, 6.07) is 7.35. The summed E-state index contributed by atoms with van der Waals surface area (Å²) >= 11 is 0. The van der Waals surface area contributed by atoms with E-state index in [4.69, 9.17) is 9.84 Å². The van der Waals surface area contributed by atoms with Gasteiger partial charge in [-0.25, -0.2) is 4.79 Å². The largest absolute Gasteiger partial charge is 0.478 e. The van der Waals surface area contributed by atoms with Crippen molar-refractivity contribution in [2.24, 2.45) is 5.92 Å². The van der Waals surface area contributed by atoms with Gasteiger partial charge in [0.05, 0.1) is 18.8 Å².